The van der Waals surface area contributed by atoms with Crippen LogP contribution in [0, 0.1) is 10.1 Å². The molecular weight excluding hydrogens is 240 g/mol. The number of thioether (sulfide) groups is 1. The van der Waals surface area contributed by atoms with Gasteiger partial charge in [0.2, 0.25) is 0 Å². The number of nitro groups is 1. The molecule has 1 heterocycles. The second-order valence-electron chi connectivity index (χ2n) is 4.10. The monoisotopic (exact) mass is 254 g/mol. The van der Waals surface area contributed by atoms with Crippen LogP contribution in [0.5, 0.6) is 5.75 Å². The van der Waals surface area contributed by atoms with Gasteiger partial charge < -0.3 is 10.0 Å². The van der Waals surface area contributed by atoms with E-state index in [2.05, 4.69) is 0 Å². The molecule has 1 N–H and O–H groups in total. The molecule has 1 aromatic rings. The molecule has 6 heteroatoms. The Kier molecular flexibility index (Phi) is 3.86. The van der Waals surface area contributed by atoms with E-state index in [1.54, 1.807) is 6.07 Å². The average Bonchev–Trinajstić information content (AvgIpc) is 2.32. The van der Waals surface area contributed by atoms with Gasteiger partial charge in [0.1, 0.15) is 6.54 Å². The molecule has 1 aliphatic rings. The van der Waals surface area contributed by atoms with E-state index in [0.717, 1.165) is 36.7 Å². The Labute approximate surface area is 104 Å². The highest BCUT2D eigenvalue weighted by atomic mass is 32.2. The highest BCUT2D eigenvalue weighted by Crippen LogP contribution is 2.23. The Hall–Kier alpha value is -1.27. The van der Waals surface area contributed by atoms with Crippen LogP contribution in [0.2, 0.25) is 0 Å². The van der Waals surface area contributed by atoms with Gasteiger partial charge in [0.25, 0.3) is 5.69 Å². The van der Waals surface area contributed by atoms with Crippen LogP contribution >= 0.6 is 11.8 Å². The van der Waals surface area contributed by atoms with Crippen LogP contribution in [0.4, 0.5) is 5.69 Å². The molecule has 0 saturated carbocycles. The van der Waals surface area contributed by atoms with Gasteiger partial charge >= 0.3 is 0 Å². The van der Waals surface area contributed by atoms with Gasteiger partial charge in [-0.25, -0.2) is 0 Å². The molecule has 5 nitrogen and oxygen atoms in total. The van der Waals surface area contributed by atoms with Crippen molar-refractivity contribution < 1.29 is 14.9 Å². The van der Waals surface area contributed by atoms with Crippen molar-refractivity contribution >= 4 is 17.4 Å². The van der Waals surface area contributed by atoms with Gasteiger partial charge in [0.15, 0.2) is 0 Å². The molecule has 1 saturated heterocycles. The predicted octanol–water partition coefficient (Wildman–Crippen LogP) is -0.200. The number of benzene rings is 1. The number of hydrogen-bond donors (Lipinski definition) is 1. The van der Waals surface area contributed by atoms with Crippen molar-refractivity contribution in [1.82, 2.24) is 0 Å². The Morgan fingerprint density at radius 1 is 1.35 bits per heavy atom. The summed E-state index contributed by atoms with van der Waals surface area (Å²) >= 11 is 1.94. The van der Waals surface area contributed by atoms with Crippen LogP contribution in [-0.4, -0.2) is 29.5 Å². The van der Waals surface area contributed by atoms with Crippen LogP contribution in [0.1, 0.15) is 5.56 Å². The molecule has 0 aromatic heterocycles. The fraction of sp³-hybridized carbons (Fsp3) is 0.455. The van der Waals surface area contributed by atoms with E-state index in [1.807, 2.05) is 11.8 Å². The summed E-state index contributed by atoms with van der Waals surface area (Å²) in [5.41, 5.74) is 0.562. The quantitative estimate of drug-likeness (QED) is 0.599. The van der Waals surface area contributed by atoms with Gasteiger partial charge in [-0.3, -0.25) is 10.1 Å². The minimum Gasteiger partial charge on any atom is -0.868 e. The second-order valence-corrected chi connectivity index (χ2v) is 5.32. The molecule has 92 valence electrons. The molecule has 2 rings (SSSR count). The Balaban J connectivity index is 2.10. The zero-order valence-corrected chi connectivity index (χ0v) is 10.2. The summed E-state index contributed by atoms with van der Waals surface area (Å²) < 4.78 is 0. The third-order valence-electron chi connectivity index (χ3n) is 2.87. The first-order valence-corrected chi connectivity index (χ1v) is 6.68. The summed E-state index contributed by atoms with van der Waals surface area (Å²) in [6.07, 6.45) is 0. The van der Waals surface area contributed by atoms with Crippen molar-refractivity contribution in [3.8, 4) is 5.75 Å². The fourth-order valence-corrected chi connectivity index (χ4v) is 3.01. The van der Waals surface area contributed by atoms with Crippen molar-refractivity contribution in [1.29, 1.82) is 0 Å². The SMILES string of the molecule is O=[N+]([O-])c1cc(C[NH+]2CCSCC2)ccc1[O-]. The molecule has 1 fully saturated rings. The summed E-state index contributed by atoms with van der Waals surface area (Å²) in [5.74, 6) is 1.76. The molecule has 0 aliphatic carbocycles. The maximum Gasteiger partial charge on any atom is 0.262 e. The third kappa shape index (κ3) is 3.10. The summed E-state index contributed by atoms with van der Waals surface area (Å²) in [6, 6.07) is 4.41. The van der Waals surface area contributed by atoms with Crippen LogP contribution in [0.3, 0.4) is 0 Å². The lowest BCUT2D eigenvalue weighted by molar-refractivity contribution is -0.910. The van der Waals surface area contributed by atoms with Gasteiger partial charge in [0.05, 0.1) is 18.0 Å². The highest BCUT2D eigenvalue weighted by molar-refractivity contribution is 7.99. The van der Waals surface area contributed by atoms with Gasteiger partial charge in [-0.1, -0.05) is 12.1 Å². The zero-order chi connectivity index (χ0) is 12.3. The first-order chi connectivity index (χ1) is 8.16. The average molecular weight is 254 g/mol. The first-order valence-electron chi connectivity index (χ1n) is 5.52. The van der Waals surface area contributed by atoms with E-state index < -0.39 is 10.7 Å². The summed E-state index contributed by atoms with van der Waals surface area (Å²) in [7, 11) is 0. The van der Waals surface area contributed by atoms with Gasteiger partial charge in [0, 0.05) is 23.1 Å². The molecular formula is C11H14N2O3S. The van der Waals surface area contributed by atoms with Gasteiger partial charge in [-0.15, -0.1) is 0 Å². The molecule has 0 amide bonds. The maximum atomic E-state index is 11.3. The number of hydrogen-bond acceptors (Lipinski definition) is 4. The topological polar surface area (TPSA) is 70.6 Å². The van der Waals surface area contributed by atoms with Crippen molar-refractivity contribution in [2.75, 3.05) is 24.6 Å². The molecule has 0 unspecified atom stereocenters. The molecule has 0 atom stereocenters. The Morgan fingerprint density at radius 3 is 2.71 bits per heavy atom. The number of quaternary nitrogens is 1. The lowest BCUT2D eigenvalue weighted by Gasteiger charge is -2.23. The Bertz CT molecular complexity index is 419. The summed E-state index contributed by atoms with van der Waals surface area (Å²) in [4.78, 5) is 11.5. The van der Waals surface area contributed by atoms with Gasteiger partial charge in [-0.2, -0.15) is 11.8 Å². The van der Waals surface area contributed by atoms with E-state index in [-0.39, 0.29) is 5.69 Å². The Morgan fingerprint density at radius 2 is 2.06 bits per heavy atom. The van der Waals surface area contributed by atoms with Crippen LogP contribution < -0.4 is 10.0 Å². The highest BCUT2D eigenvalue weighted by Gasteiger charge is 2.16. The lowest BCUT2D eigenvalue weighted by Crippen LogP contribution is -3.12. The number of nitrogens with one attached hydrogen (secondary N) is 1. The zero-order valence-electron chi connectivity index (χ0n) is 9.35. The fourth-order valence-electron chi connectivity index (χ4n) is 1.94. The second kappa shape index (κ2) is 5.37. The van der Waals surface area contributed by atoms with E-state index >= 15 is 0 Å². The predicted molar refractivity (Wildman–Crippen MR) is 64.3 cm³/mol. The number of nitrogens with zero attached hydrogens (tertiary/aromatic N) is 1. The minimum atomic E-state index is -0.604. The normalized spacial score (nSPS) is 16.9. The van der Waals surface area contributed by atoms with E-state index in [1.165, 1.54) is 17.0 Å². The maximum absolute atomic E-state index is 11.3. The van der Waals surface area contributed by atoms with Crippen molar-refractivity contribution in [3.63, 3.8) is 0 Å². The van der Waals surface area contributed by atoms with E-state index in [0.29, 0.717) is 0 Å². The first kappa shape index (κ1) is 12.2. The molecule has 1 aromatic carbocycles. The van der Waals surface area contributed by atoms with Crippen LogP contribution in [-0.2, 0) is 6.54 Å². The number of rotatable bonds is 3. The molecule has 0 radical (unpaired) electrons. The molecule has 17 heavy (non-hydrogen) atoms. The van der Waals surface area contributed by atoms with Crippen molar-refractivity contribution in [2.24, 2.45) is 0 Å². The third-order valence-corrected chi connectivity index (χ3v) is 3.86. The number of nitro benzene ring substituents is 1. The van der Waals surface area contributed by atoms with E-state index in [9.17, 15) is 15.2 Å². The smallest absolute Gasteiger partial charge is 0.262 e. The summed E-state index contributed by atoms with van der Waals surface area (Å²) in [6.45, 7) is 2.93. The van der Waals surface area contributed by atoms with Crippen LogP contribution in [0.15, 0.2) is 18.2 Å². The molecule has 0 spiro atoms. The van der Waals surface area contributed by atoms with Crippen LogP contribution in [0.25, 0.3) is 0 Å². The molecule has 1 aliphatic heterocycles. The minimum absolute atomic E-state index is 0.312. The van der Waals surface area contributed by atoms with Gasteiger partial charge in [-0.05, 0) is 5.75 Å². The lowest BCUT2D eigenvalue weighted by atomic mass is 10.1. The van der Waals surface area contributed by atoms with E-state index in [4.69, 9.17) is 0 Å². The largest absolute Gasteiger partial charge is 0.868 e. The van der Waals surface area contributed by atoms with Crippen molar-refractivity contribution in [3.05, 3.63) is 33.9 Å². The standard InChI is InChI=1S/C11H14N2O3S/c14-11-2-1-9(7-10(11)13(15)16)8-12-3-5-17-6-4-12/h1-2,7,14H,3-6,8H2. The molecule has 0 bridgehead atoms. The summed E-state index contributed by atoms with van der Waals surface area (Å²) in [5, 5.41) is 21.9. The van der Waals surface area contributed by atoms with Crippen molar-refractivity contribution in [2.45, 2.75) is 6.54 Å².